The molecule has 0 radical (unpaired) electrons. The molecule has 1 amide bonds. The Morgan fingerprint density at radius 1 is 1.14 bits per heavy atom. The van der Waals surface area contributed by atoms with Gasteiger partial charge in [0, 0.05) is 15.6 Å². The van der Waals surface area contributed by atoms with Crippen LogP contribution in [0.2, 0.25) is 10.0 Å². The molecular formula is C22H26Cl2N2O3. The molecule has 29 heavy (non-hydrogen) atoms. The number of hydrogen-bond acceptors (Lipinski definition) is 4. The lowest BCUT2D eigenvalue weighted by molar-refractivity contribution is -0.131. The van der Waals surface area contributed by atoms with Gasteiger partial charge in [-0.25, -0.2) is 5.06 Å². The molecule has 1 aliphatic rings. The van der Waals surface area contributed by atoms with Crippen LogP contribution in [0.15, 0.2) is 42.5 Å². The topological polar surface area (TPSA) is 50.8 Å². The molecule has 1 N–H and O–H groups in total. The maximum atomic E-state index is 13.1. The van der Waals surface area contributed by atoms with Crippen LogP contribution in [-0.2, 0) is 11.3 Å². The minimum Gasteiger partial charge on any atom is -0.497 e. The third-order valence-corrected chi connectivity index (χ3v) is 5.67. The summed E-state index contributed by atoms with van der Waals surface area (Å²) in [6, 6.07) is 12.5. The Morgan fingerprint density at radius 3 is 2.52 bits per heavy atom. The molecule has 2 aromatic carbocycles. The predicted octanol–water partition coefficient (Wildman–Crippen LogP) is 4.62. The van der Waals surface area contributed by atoms with Gasteiger partial charge in [0.1, 0.15) is 5.75 Å². The van der Waals surface area contributed by atoms with Crippen molar-refractivity contribution in [3.63, 3.8) is 0 Å². The summed E-state index contributed by atoms with van der Waals surface area (Å²) in [5.74, 6) is 0.982. The van der Waals surface area contributed by atoms with E-state index in [2.05, 4.69) is 5.32 Å². The van der Waals surface area contributed by atoms with Crippen molar-refractivity contribution in [3.05, 3.63) is 63.6 Å². The van der Waals surface area contributed by atoms with Gasteiger partial charge in [0.15, 0.2) is 0 Å². The average Bonchev–Trinajstić information content (AvgIpc) is 2.75. The highest BCUT2D eigenvalue weighted by atomic mass is 35.5. The van der Waals surface area contributed by atoms with Gasteiger partial charge in [-0.3, -0.25) is 9.63 Å². The van der Waals surface area contributed by atoms with Crippen LogP contribution >= 0.6 is 23.2 Å². The Bertz CT molecular complexity index is 808. The van der Waals surface area contributed by atoms with E-state index in [-0.39, 0.29) is 5.91 Å². The summed E-state index contributed by atoms with van der Waals surface area (Å²) in [5, 5.41) is 6.06. The average molecular weight is 437 g/mol. The van der Waals surface area contributed by atoms with Crippen molar-refractivity contribution in [1.29, 1.82) is 0 Å². The largest absolute Gasteiger partial charge is 0.497 e. The van der Waals surface area contributed by atoms with E-state index in [1.54, 1.807) is 43.5 Å². The number of carbonyl (C=O) groups is 1. The van der Waals surface area contributed by atoms with Crippen molar-refractivity contribution in [1.82, 2.24) is 10.4 Å². The number of rotatable bonds is 8. The fourth-order valence-corrected chi connectivity index (χ4v) is 3.86. The molecule has 3 rings (SSSR count). The number of piperidine rings is 1. The number of benzene rings is 2. The minimum atomic E-state index is -0.145. The molecule has 156 valence electrons. The van der Waals surface area contributed by atoms with Gasteiger partial charge in [0.2, 0.25) is 0 Å². The monoisotopic (exact) mass is 436 g/mol. The lowest BCUT2D eigenvalue weighted by atomic mass is 9.98. The van der Waals surface area contributed by atoms with Crippen LogP contribution in [0, 0.1) is 5.92 Å². The number of halogens is 2. The van der Waals surface area contributed by atoms with Crippen LogP contribution in [0.1, 0.15) is 28.8 Å². The predicted molar refractivity (Wildman–Crippen MR) is 116 cm³/mol. The molecule has 0 atom stereocenters. The van der Waals surface area contributed by atoms with Gasteiger partial charge < -0.3 is 10.1 Å². The van der Waals surface area contributed by atoms with Crippen molar-refractivity contribution in [2.45, 2.75) is 19.3 Å². The van der Waals surface area contributed by atoms with Crippen molar-refractivity contribution < 1.29 is 14.4 Å². The van der Waals surface area contributed by atoms with Crippen molar-refractivity contribution >= 4 is 29.1 Å². The van der Waals surface area contributed by atoms with E-state index >= 15 is 0 Å². The maximum absolute atomic E-state index is 13.1. The summed E-state index contributed by atoms with van der Waals surface area (Å²) in [7, 11) is 1.60. The number of ether oxygens (including phenoxy) is 1. The molecule has 1 aliphatic heterocycles. The van der Waals surface area contributed by atoms with Gasteiger partial charge in [0.05, 0.1) is 20.3 Å². The first-order valence-corrected chi connectivity index (χ1v) is 10.6. The van der Waals surface area contributed by atoms with Gasteiger partial charge in [-0.15, -0.1) is 0 Å². The molecule has 1 heterocycles. The van der Waals surface area contributed by atoms with E-state index in [9.17, 15) is 4.79 Å². The summed E-state index contributed by atoms with van der Waals surface area (Å²) in [6.45, 7) is 2.86. The first kappa shape index (κ1) is 21.9. The van der Waals surface area contributed by atoms with E-state index in [0.29, 0.717) is 46.8 Å². The first-order valence-electron chi connectivity index (χ1n) is 9.80. The Hall–Kier alpha value is -1.79. The van der Waals surface area contributed by atoms with Crippen molar-refractivity contribution in [2.75, 3.05) is 33.4 Å². The smallest absolute Gasteiger partial charge is 0.277 e. The SMILES string of the molecule is COc1ccc(C(=O)N(CC2CCNCC2)OCCc2ccc(Cl)cc2Cl)cc1. The number of nitrogens with one attached hydrogen (secondary N) is 1. The number of methoxy groups -OCH3 is 1. The highest BCUT2D eigenvalue weighted by Crippen LogP contribution is 2.22. The van der Waals surface area contributed by atoms with Gasteiger partial charge in [0.25, 0.3) is 5.91 Å². The van der Waals surface area contributed by atoms with E-state index in [1.165, 1.54) is 5.06 Å². The Kier molecular flexibility index (Phi) is 8.19. The highest BCUT2D eigenvalue weighted by molar-refractivity contribution is 6.35. The van der Waals surface area contributed by atoms with E-state index in [0.717, 1.165) is 31.5 Å². The normalized spacial score (nSPS) is 14.6. The third-order valence-electron chi connectivity index (χ3n) is 5.08. The lowest BCUT2D eigenvalue weighted by Crippen LogP contribution is -2.39. The number of hydroxylamine groups is 2. The fraction of sp³-hybridized carbons (Fsp3) is 0.409. The van der Waals surface area contributed by atoms with Crippen LogP contribution in [0.25, 0.3) is 0 Å². The zero-order valence-electron chi connectivity index (χ0n) is 16.5. The lowest BCUT2D eigenvalue weighted by Gasteiger charge is -2.29. The van der Waals surface area contributed by atoms with Crippen molar-refractivity contribution in [3.8, 4) is 5.75 Å². The van der Waals surface area contributed by atoms with Crippen LogP contribution in [0.4, 0.5) is 0 Å². The molecule has 1 saturated heterocycles. The molecule has 5 nitrogen and oxygen atoms in total. The summed E-state index contributed by atoms with van der Waals surface area (Å²) < 4.78 is 5.18. The van der Waals surface area contributed by atoms with Crippen LogP contribution in [0.3, 0.4) is 0 Å². The molecule has 2 aromatic rings. The zero-order valence-corrected chi connectivity index (χ0v) is 18.0. The number of hydrogen-bond donors (Lipinski definition) is 1. The second-order valence-electron chi connectivity index (χ2n) is 7.11. The summed E-state index contributed by atoms with van der Waals surface area (Å²) >= 11 is 12.2. The first-order chi connectivity index (χ1) is 14.1. The number of nitrogens with zero attached hydrogens (tertiary/aromatic N) is 1. The summed E-state index contributed by atoms with van der Waals surface area (Å²) in [6.07, 6.45) is 2.64. The molecule has 7 heteroatoms. The molecule has 0 unspecified atom stereocenters. The Labute approximate surface area is 181 Å². The Morgan fingerprint density at radius 2 is 1.86 bits per heavy atom. The molecule has 0 bridgehead atoms. The molecule has 0 aliphatic carbocycles. The summed E-state index contributed by atoms with van der Waals surface area (Å²) in [5.41, 5.74) is 1.51. The quantitative estimate of drug-likeness (QED) is 0.613. The maximum Gasteiger partial charge on any atom is 0.277 e. The van der Waals surface area contributed by atoms with Crippen molar-refractivity contribution in [2.24, 2.45) is 5.92 Å². The Balaban J connectivity index is 1.66. The highest BCUT2D eigenvalue weighted by Gasteiger charge is 2.23. The molecule has 0 spiro atoms. The third kappa shape index (κ3) is 6.34. The number of amides is 1. The van der Waals surface area contributed by atoms with E-state index < -0.39 is 0 Å². The molecule has 0 aromatic heterocycles. The molecule has 0 saturated carbocycles. The molecular weight excluding hydrogens is 411 g/mol. The van der Waals surface area contributed by atoms with Crippen LogP contribution < -0.4 is 10.1 Å². The van der Waals surface area contributed by atoms with Crippen LogP contribution in [-0.4, -0.2) is 44.3 Å². The molecule has 1 fully saturated rings. The van der Waals surface area contributed by atoms with Gasteiger partial charge >= 0.3 is 0 Å². The minimum absolute atomic E-state index is 0.145. The standard InChI is InChI=1S/C22H26Cl2N2O3/c1-28-20-6-3-18(4-7-20)22(27)26(15-16-8-11-25-12-9-16)29-13-10-17-2-5-19(23)14-21(17)24/h2-7,14,16,25H,8-13,15H2,1H3. The van der Waals surface area contributed by atoms with Gasteiger partial charge in [-0.05, 0) is 80.2 Å². The van der Waals surface area contributed by atoms with Gasteiger partial charge in [-0.2, -0.15) is 0 Å². The zero-order chi connectivity index (χ0) is 20.6. The second kappa shape index (κ2) is 10.8. The second-order valence-corrected chi connectivity index (χ2v) is 7.95. The van der Waals surface area contributed by atoms with E-state index in [4.69, 9.17) is 32.8 Å². The van der Waals surface area contributed by atoms with Crippen LogP contribution in [0.5, 0.6) is 5.75 Å². The van der Waals surface area contributed by atoms with Gasteiger partial charge in [-0.1, -0.05) is 29.3 Å². The van der Waals surface area contributed by atoms with E-state index in [1.807, 2.05) is 6.07 Å². The summed E-state index contributed by atoms with van der Waals surface area (Å²) in [4.78, 5) is 19.0. The fourth-order valence-electron chi connectivity index (χ4n) is 3.36. The number of carbonyl (C=O) groups excluding carboxylic acids is 1.